The van der Waals surface area contributed by atoms with E-state index in [4.69, 9.17) is 9.26 Å². The van der Waals surface area contributed by atoms with Crippen molar-refractivity contribution in [1.29, 1.82) is 0 Å². The van der Waals surface area contributed by atoms with E-state index < -0.39 is 16.2 Å². The molecular formula is C7H12FNO2P2. The fourth-order valence-corrected chi connectivity index (χ4v) is 2.50. The van der Waals surface area contributed by atoms with E-state index in [1.165, 1.54) is 6.66 Å². The fourth-order valence-electron chi connectivity index (χ4n) is 0.906. The smallest absolute Gasteiger partial charge is 0.272 e. The Morgan fingerprint density at radius 2 is 2.38 bits per heavy atom. The van der Waals surface area contributed by atoms with Crippen LogP contribution in [-0.2, 0) is 6.66 Å². The summed E-state index contributed by atoms with van der Waals surface area (Å²) in [5.41, 5.74) is 0.699. The van der Waals surface area contributed by atoms with E-state index >= 15 is 0 Å². The molecule has 0 N–H and O–H groups in total. The maximum Gasteiger partial charge on any atom is 0.272 e. The van der Waals surface area contributed by atoms with Crippen molar-refractivity contribution in [3.63, 3.8) is 0 Å². The molecule has 6 heteroatoms. The highest BCUT2D eigenvalue weighted by molar-refractivity contribution is 7.47. The van der Waals surface area contributed by atoms with E-state index in [0.717, 1.165) is 0 Å². The van der Waals surface area contributed by atoms with Crippen molar-refractivity contribution in [2.75, 3.05) is 13.3 Å². The van der Waals surface area contributed by atoms with Crippen LogP contribution in [0.1, 0.15) is 6.92 Å². The van der Waals surface area contributed by atoms with Crippen LogP contribution < -0.4 is 9.26 Å². The third-order valence-corrected chi connectivity index (χ3v) is 3.21. The Labute approximate surface area is 79.3 Å². The molecular weight excluding hydrogens is 211 g/mol. The van der Waals surface area contributed by atoms with Crippen molar-refractivity contribution < 1.29 is 13.5 Å². The molecule has 3 nitrogen and oxygen atoms in total. The molecule has 1 aromatic heterocycles. The SMILES string of the molecule is CCOc1c(OP(C)F)cnp1C. The van der Waals surface area contributed by atoms with Gasteiger partial charge >= 0.3 is 0 Å². The van der Waals surface area contributed by atoms with Crippen molar-refractivity contribution in [3.05, 3.63) is 6.20 Å². The van der Waals surface area contributed by atoms with E-state index in [2.05, 4.69) is 4.75 Å². The van der Waals surface area contributed by atoms with Gasteiger partial charge in [0.15, 0.2) is 11.2 Å². The molecule has 0 aromatic carbocycles. The maximum atomic E-state index is 12.6. The molecule has 1 rings (SSSR count). The molecule has 13 heavy (non-hydrogen) atoms. The number of aromatic nitrogens is 1. The first-order valence-corrected chi connectivity index (χ1v) is 7.21. The normalized spacial score (nSPS) is 14.0. The van der Waals surface area contributed by atoms with Gasteiger partial charge in [0.05, 0.1) is 12.8 Å². The molecule has 0 bridgehead atoms. The molecule has 1 heterocycles. The number of nitrogens with zero attached hydrogens (tertiary/aromatic N) is 1. The lowest BCUT2D eigenvalue weighted by Gasteiger charge is -2.07. The Morgan fingerprint density at radius 3 is 2.92 bits per heavy atom. The van der Waals surface area contributed by atoms with Crippen LogP contribution in [0, 0.1) is 0 Å². The number of hydrogen-bond donors (Lipinski definition) is 0. The fraction of sp³-hybridized carbons (Fsp3) is 0.571. The van der Waals surface area contributed by atoms with Gasteiger partial charge in [-0.05, 0) is 13.6 Å². The lowest BCUT2D eigenvalue weighted by atomic mass is 10.6. The number of hydrogen-bond acceptors (Lipinski definition) is 3. The lowest BCUT2D eigenvalue weighted by molar-refractivity contribution is 0.339. The van der Waals surface area contributed by atoms with Gasteiger partial charge in [0, 0.05) is 14.4 Å². The first kappa shape index (κ1) is 10.7. The van der Waals surface area contributed by atoms with Crippen LogP contribution >= 0.6 is 16.2 Å². The molecule has 1 aromatic rings. The van der Waals surface area contributed by atoms with E-state index in [9.17, 15) is 4.20 Å². The van der Waals surface area contributed by atoms with Gasteiger partial charge in [-0.15, -0.1) is 0 Å². The summed E-state index contributed by atoms with van der Waals surface area (Å²) >= 11 is 0. The summed E-state index contributed by atoms with van der Waals surface area (Å²) in [4.78, 5) is 0. The van der Waals surface area contributed by atoms with Crippen LogP contribution in [0.5, 0.6) is 11.2 Å². The summed E-state index contributed by atoms with van der Waals surface area (Å²) in [5.74, 6) is 0.464. The second-order valence-corrected chi connectivity index (χ2v) is 5.09. The zero-order chi connectivity index (χ0) is 9.84. The minimum absolute atomic E-state index is 0.464. The van der Waals surface area contributed by atoms with Gasteiger partial charge in [0.1, 0.15) is 0 Å². The van der Waals surface area contributed by atoms with Crippen molar-refractivity contribution in [2.45, 2.75) is 6.92 Å². The number of halogens is 1. The second kappa shape index (κ2) is 4.78. The van der Waals surface area contributed by atoms with Crippen LogP contribution in [0.2, 0.25) is 0 Å². The van der Waals surface area contributed by atoms with Crippen molar-refractivity contribution in [3.8, 4) is 11.2 Å². The maximum absolute atomic E-state index is 12.6. The minimum atomic E-state index is -1.89. The molecule has 2 atom stereocenters. The Bertz CT molecular complexity index is 277. The summed E-state index contributed by atoms with van der Waals surface area (Å²) in [6.45, 7) is 5.79. The third-order valence-electron chi connectivity index (χ3n) is 1.36. The summed E-state index contributed by atoms with van der Waals surface area (Å²) in [7, 11) is -2.55. The highest BCUT2D eigenvalue weighted by atomic mass is 31.2. The molecule has 0 amide bonds. The second-order valence-electron chi connectivity index (χ2n) is 2.38. The average molecular weight is 223 g/mol. The van der Waals surface area contributed by atoms with E-state index in [0.29, 0.717) is 17.8 Å². The molecule has 0 aliphatic heterocycles. The molecule has 2 unspecified atom stereocenters. The Morgan fingerprint density at radius 1 is 1.69 bits per heavy atom. The predicted molar refractivity (Wildman–Crippen MR) is 53.7 cm³/mol. The molecule has 0 saturated carbocycles. The van der Waals surface area contributed by atoms with Crippen LogP contribution in [-0.4, -0.2) is 18.0 Å². The van der Waals surface area contributed by atoms with Crippen molar-refractivity contribution in [2.24, 2.45) is 6.66 Å². The minimum Gasteiger partial charge on any atom is -0.485 e. The summed E-state index contributed by atoms with van der Waals surface area (Å²) < 4.78 is 27.0. The van der Waals surface area contributed by atoms with Crippen LogP contribution in [0.25, 0.3) is 0 Å². The zero-order valence-corrected chi connectivity index (χ0v) is 9.61. The van der Waals surface area contributed by atoms with E-state index in [1.54, 1.807) is 6.20 Å². The highest BCUT2D eigenvalue weighted by Crippen LogP contribution is 2.48. The molecule has 0 fully saturated rings. The van der Waals surface area contributed by atoms with Gasteiger partial charge in [-0.3, -0.25) is 0 Å². The van der Waals surface area contributed by atoms with Gasteiger partial charge < -0.3 is 9.26 Å². The molecule has 74 valence electrons. The third kappa shape index (κ3) is 2.82. The van der Waals surface area contributed by atoms with Crippen LogP contribution in [0.15, 0.2) is 6.20 Å². The largest absolute Gasteiger partial charge is 0.485 e. The van der Waals surface area contributed by atoms with Crippen molar-refractivity contribution >= 4 is 16.2 Å². The van der Waals surface area contributed by atoms with Gasteiger partial charge in [0.25, 0.3) is 8.46 Å². The van der Waals surface area contributed by atoms with Crippen LogP contribution in [0.3, 0.4) is 0 Å². The summed E-state index contributed by atoms with van der Waals surface area (Å²) in [6.07, 6.45) is 1.55. The van der Waals surface area contributed by atoms with Crippen LogP contribution in [0.4, 0.5) is 4.20 Å². The standard InChI is InChI=1S/C7H12FNO2P2/c1-4-10-7-6(11-13(3)8)5-9-12(7)2/h5H,4H2,1-3H3. The Balaban J connectivity index is 2.80. The van der Waals surface area contributed by atoms with Gasteiger partial charge in [-0.2, -0.15) is 4.20 Å². The molecule has 0 aliphatic rings. The topological polar surface area (TPSA) is 31.4 Å². The number of aryl methyl sites for hydroxylation is 1. The summed E-state index contributed by atoms with van der Waals surface area (Å²) in [5, 5.41) is 0. The molecule has 0 aliphatic carbocycles. The zero-order valence-electron chi connectivity index (χ0n) is 7.82. The number of ether oxygens (including phenoxy) is 1. The average Bonchev–Trinajstić information content (AvgIpc) is 2.35. The number of rotatable bonds is 4. The predicted octanol–water partition coefficient (Wildman–Crippen LogP) is 3.29. The quantitative estimate of drug-likeness (QED) is 0.734. The Kier molecular flexibility index (Phi) is 3.95. The van der Waals surface area contributed by atoms with Gasteiger partial charge in [-0.1, -0.05) is 0 Å². The Hall–Kier alpha value is -0.330. The van der Waals surface area contributed by atoms with Crippen molar-refractivity contribution in [1.82, 2.24) is 4.75 Å². The monoisotopic (exact) mass is 223 g/mol. The first-order valence-electron chi connectivity index (χ1n) is 3.87. The van der Waals surface area contributed by atoms with Gasteiger partial charge in [-0.25, -0.2) is 4.75 Å². The molecule has 0 saturated heterocycles. The van der Waals surface area contributed by atoms with E-state index in [-0.39, 0.29) is 0 Å². The van der Waals surface area contributed by atoms with E-state index in [1.807, 2.05) is 13.6 Å². The summed E-state index contributed by atoms with van der Waals surface area (Å²) in [6, 6.07) is 0. The molecule has 0 spiro atoms. The highest BCUT2D eigenvalue weighted by Gasteiger charge is 2.13. The lowest BCUT2D eigenvalue weighted by Crippen LogP contribution is -1.91. The van der Waals surface area contributed by atoms with Gasteiger partial charge in [0.2, 0.25) is 0 Å². The molecule has 0 radical (unpaired) electrons. The first-order chi connectivity index (χ1) is 6.15.